The number of hydrogen-bond donors (Lipinski definition) is 0. The van der Waals surface area contributed by atoms with Gasteiger partial charge < -0.3 is 18.9 Å². The molecular formula is C31H22Cl2N4O7. The van der Waals surface area contributed by atoms with Crippen LogP contribution in [0.1, 0.15) is 37.3 Å². The molecule has 0 radical (unpaired) electrons. The highest BCUT2D eigenvalue weighted by molar-refractivity contribution is 6.35. The van der Waals surface area contributed by atoms with Crippen molar-refractivity contribution in [1.29, 1.82) is 0 Å². The lowest BCUT2D eigenvalue weighted by molar-refractivity contribution is -0.0606. The van der Waals surface area contributed by atoms with Crippen LogP contribution in [0.4, 0.5) is 0 Å². The molecule has 0 spiro atoms. The molecule has 222 valence electrons. The van der Waals surface area contributed by atoms with Gasteiger partial charge in [-0.1, -0.05) is 66.2 Å². The Morgan fingerprint density at radius 1 is 0.727 bits per heavy atom. The zero-order chi connectivity index (χ0) is 30.6. The molecule has 4 atom stereocenters. The Bertz CT molecular complexity index is 1810. The van der Waals surface area contributed by atoms with Gasteiger partial charge in [0.2, 0.25) is 5.28 Å². The Labute approximate surface area is 260 Å². The summed E-state index contributed by atoms with van der Waals surface area (Å²) in [6, 6.07) is 24.9. The highest BCUT2D eigenvalue weighted by Crippen LogP contribution is 2.37. The maximum atomic E-state index is 13.4. The van der Waals surface area contributed by atoms with Gasteiger partial charge in [-0.3, -0.25) is 4.57 Å². The molecule has 13 heteroatoms. The summed E-state index contributed by atoms with van der Waals surface area (Å²) in [4.78, 5) is 51.9. The number of esters is 3. The number of halogens is 2. The quantitative estimate of drug-likeness (QED) is 0.0955. The van der Waals surface area contributed by atoms with Crippen molar-refractivity contribution in [1.82, 2.24) is 19.5 Å². The first-order chi connectivity index (χ1) is 21.4. The van der Waals surface area contributed by atoms with Crippen molar-refractivity contribution in [3.63, 3.8) is 0 Å². The lowest BCUT2D eigenvalue weighted by atomic mass is 10.1. The van der Waals surface area contributed by atoms with Crippen LogP contribution in [0.15, 0.2) is 97.3 Å². The average molecular weight is 633 g/mol. The highest BCUT2D eigenvalue weighted by atomic mass is 35.5. The van der Waals surface area contributed by atoms with Gasteiger partial charge in [0.15, 0.2) is 29.2 Å². The summed E-state index contributed by atoms with van der Waals surface area (Å²) in [6.45, 7) is -0.348. The van der Waals surface area contributed by atoms with Crippen LogP contribution in [-0.4, -0.2) is 62.3 Å². The third kappa shape index (κ3) is 6.11. The van der Waals surface area contributed by atoms with Crippen LogP contribution in [0.25, 0.3) is 11.2 Å². The number of carbonyl (C=O) groups excluding carboxylic acids is 3. The monoisotopic (exact) mass is 632 g/mol. The number of ether oxygens (including phenoxy) is 4. The number of imidazole rings is 1. The van der Waals surface area contributed by atoms with E-state index in [4.69, 9.17) is 42.1 Å². The summed E-state index contributed by atoms with van der Waals surface area (Å²) in [6.07, 6.45) is -3.39. The molecule has 5 aromatic rings. The zero-order valence-electron chi connectivity index (χ0n) is 22.7. The molecule has 0 saturated carbocycles. The molecule has 1 saturated heterocycles. The number of benzene rings is 3. The van der Waals surface area contributed by atoms with Crippen molar-refractivity contribution >= 4 is 52.3 Å². The minimum absolute atomic E-state index is 0.00465. The van der Waals surface area contributed by atoms with Crippen LogP contribution in [0.2, 0.25) is 10.4 Å². The van der Waals surface area contributed by atoms with E-state index in [0.29, 0.717) is 5.56 Å². The third-order valence-corrected chi connectivity index (χ3v) is 7.24. The summed E-state index contributed by atoms with van der Waals surface area (Å²) in [5, 5.41) is -0.157. The first-order valence-corrected chi connectivity index (χ1v) is 14.1. The fourth-order valence-corrected chi connectivity index (χ4v) is 5.15. The van der Waals surface area contributed by atoms with Gasteiger partial charge in [-0.25, -0.2) is 24.4 Å². The van der Waals surface area contributed by atoms with E-state index in [-0.39, 0.29) is 39.3 Å². The first kappa shape index (κ1) is 29.2. The molecule has 2 aromatic heterocycles. The Morgan fingerprint density at radius 2 is 1.25 bits per heavy atom. The van der Waals surface area contributed by atoms with Gasteiger partial charge in [-0.05, 0) is 48.0 Å². The minimum atomic E-state index is -1.26. The first-order valence-electron chi connectivity index (χ1n) is 13.3. The lowest BCUT2D eigenvalue weighted by Crippen LogP contribution is -2.41. The molecule has 1 fully saturated rings. The van der Waals surface area contributed by atoms with Crippen molar-refractivity contribution in [3.8, 4) is 0 Å². The molecule has 1 aliphatic rings. The SMILES string of the molecule is O=C(OCC1OC(n2cnc3c(Cl)nc(Cl)nc32)C(OC(=O)c2ccccc2)C1OC(=O)c1ccccc1)c1ccccc1. The van der Waals surface area contributed by atoms with Gasteiger partial charge in [0.1, 0.15) is 18.2 Å². The third-order valence-electron chi connectivity index (χ3n) is 6.80. The summed E-state index contributed by atoms with van der Waals surface area (Å²) >= 11 is 12.4. The van der Waals surface area contributed by atoms with Crippen molar-refractivity contribution in [2.45, 2.75) is 24.5 Å². The molecule has 0 bridgehead atoms. The second kappa shape index (κ2) is 12.8. The molecular weight excluding hydrogens is 611 g/mol. The van der Waals surface area contributed by atoms with E-state index in [0.717, 1.165) is 0 Å². The van der Waals surface area contributed by atoms with Crippen molar-refractivity contribution in [2.75, 3.05) is 6.61 Å². The van der Waals surface area contributed by atoms with Gasteiger partial charge in [-0.15, -0.1) is 0 Å². The Kier molecular flexibility index (Phi) is 8.51. The summed E-state index contributed by atoms with van der Waals surface area (Å²) < 4.78 is 25.2. The van der Waals surface area contributed by atoms with Gasteiger partial charge in [0.05, 0.1) is 23.0 Å². The van der Waals surface area contributed by atoms with Gasteiger partial charge >= 0.3 is 17.9 Å². The van der Waals surface area contributed by atoms with E-state index in [9.17, 15) is 14.4 Å². The normalized spacial score (nSPS) is 19.4. The molecule has 4 unspecified atom stereocenters. The van der Waals surface area contributed by atoms with Crippen molar-refractivity contribution in [3.05, 3.63) is 124 Å². The molecule has 0 amide bonds. The van der Waals surface area contributed by atoms with Crippen molar-refractivity contribution in [2.24, 2.45) is 0 Å². The summed E-state index contributed by atoms with van der Waals surface area (Å²) in [5.74, 6) is -2.03. The van der Waals surface area contributed by atoms with Crippen LogP contribution in [0, 0.1) is 0 Å². The topological polar surface area (TPSA) is 132 Å². The molecule has 0 aliphatic carbocycles. The van der Waals surface area contributed by atoms with E-state index < -0.39 is 42.4 Å². The van der Waals surface area contributed by atoms with Crippen LogP contribution in [-0.2, 0) is 18.9 Å². The largest absolute Gasteiger partial charge is 0.459 e. The van der Waals surface area contributed by atoms with Gasteiger partial charge in [0.25, 0.3) is 0 Å². The van der Waals surface area contributed by atoms with Crippen LogP contribution >= 0.6 is 23.2 Å². The number of fused-ring (bicyclic) bond motifs is 1. The van der Waals surface area contributed by atoms with E-state index in [1.807, 2.05) is 0 Å². The van der Waals surface area contributed by atoms with E-state index in [1.54, 1.807) is 91.0 Å². The highest BCUT2D eigenvalue weighted by Gasteiger charge is 2.52. The van der Waals surface area contributed by atoms with E-state index >= 15 is 0 Å². The maximum Gasteiger partial charge on any atom is 0.338 e. The standard InChI is InChI=1S/C31H22Cl2N4O7/c32-25-22-26(36-31(33)35-25)37(17-34-22)27-24(44-30(40)20-14-8-3-9-15-20)23(43-29(39)19-12-6-2-7-13-19)21(42-27)16-41-28(38)18-10-4-1-5-11-18/h1-15,17,21,23-24,27H,16H2. The second-order valence-corrected chi connectivity index (χ2v) is 10.3. The van der Waals surface area contributed by atoms with E-state index in [2.05, 4.69) is 15.0 Å². The fraction of sp³-hybridized carbons (Fsp3) is 0.161. The smallest absolute Gasteiger partial charge is 0.338 e. The van der Waals surface area contributed by atoms with Crippen molar-refractivity contribution < 1.29 is 33.3 Å². The minimum Gasteiger partial charge on any atom is -0.459 e. The van der Waals surface area contributed by atoms with Crippen LogP contribution in [0.3, 0.4) is 0 Å². The Balaban J connectivity index is 1.39. The number of carbonyl (C=O) groups is 3. The fourth-order valence-electron chi connectivity index (χ4n) is 4.72. The Hall–Kier alpha value is -4.84. The molecule has 3 aromatic carbocycles. The zero-order valence-corrected chi connectivity index (χ0v) is 24.2. The average Bonchev–Trinajstić information content (AvgIpc) is 3.62. The maximum absolute atomic E-state index is 13.4. The molecule has 0 N–H and O–H groups in total. The number of nitrogens with zero attached hydrogens (tertiary/aromatic N) is 4. The lowest BCUT2D eigenvalue weighted by Gasteiger charge is -2.25. The molecule has 11 nitrogen and oxygen atoms in total. The van der Waals surface area contributed by atoms with E-state index in [1.165, 1.54) is 10.9 Å². The van der Waals surface area contributed by atoms with Gasteiger partial charge in [-0.2, -0.15) is 4.98 Å². The predicted molar refractivity (Wildman–Crippen MR) is 157 cm³/mol. The van der Waals surface area contributed by atoms with Crippen LogP contribution < -0.4 is 0 Å². The van der Waals surface area contributed by atoms with Gasteiger partial charge in [0, 0.05) is 0 Å². The second-order valence-electron chi connectivity index (χ2n) is 9.61. The Morgan fingerprint density at radius 3 is 1.82 bits per heavy atom. The number of rotatable bonds is 8. The number of aromatic nitrogens is 4. The molecule has 44 heavy (non-hydrogen) atoms. The predicted octanol–water partition coefficient (Wildman–Crippen LogP) is 5.34. The molecule has 6 rings (SSSR count). The molecule has 1 aliphatic heterocycles. The number of hydrogen-bond acceptors (Lipinski definition) is 10. The summed E-state index contributed by atoms with van der Waals surface area (Å²) in [5.41, 5.74) is 1.21. The molecule has 3 heterocycles. The summed E-state index contributed by atoms with van der Waals surface area (Å²) in [7, 11) is 0. The van der Waals surface area contributed by atoms with Crippen LogP contribution in [0.5, 0.6) is 0 Å².